The zero-order valence-corrected chi connectivity index (χ0v) is 18.2. The number of rotatable bonds is 4. The molecule has 11 heteroatoms. The maximum Gasteiger partial charge on any atom is 0.248 e. The molecule has 10 nitrogen and oxygen atoms in total. The van der Waals surface area contributed by atoms with Gasteiger partial charge in [-0.1, -0.05) is 17.3 Å². The number of benzene rings is 1. The van der Waals surface area contributed by atoms with E-state index in [1.807, 2.05) is 6.07 Å². The van der Waals surface area contributed by atoms with E-state index >= 15 is 0 Å². The Hall–Kier alpha value is -2.92. The minimum absolute atomic E-state index is 0.0825. The fourth-order valence-corrected chi connectivity index (χ4v) is 5.59. The number of hydrogen-bond acceptors (Lipinski definition) is 7. The minimum Gasteiger partial charge on any atom is -0.491 e. The van der Waals surface area contributed by atoms with Crippen LogP contribution in [0.5, 0.6) is 5.75 Å². The van der Waals surface area contributed by atoms with Crippen molar-refractivity contribution in [2.24, 2.45) is 0 Å². The fraction of sp³-hybridized carbons (Fsp3) is 0.450. The minimum atomic E-state index is -3.75. The van der Waals surface area contributed by atoms with Gasteiger partial charge in [0.1, 0.15) is 22.9 Å². The van der Waals surface area contributed by atoms with Crippen LogP contribution in [-0.4, -0.2) is 73.9 Å². The molecule has 2 aliphatic heterocycles. The number of amides is 2. The Morgan fingerprint density at radius 3 is 2.52 bits per heavy atom. The van der Waals surface area contributed by atoms with Gasteiger partial charge in [0, 0.05) is 26.2 Å². The number of carbonyl (C=O) groups is 2. The number of aryl methyl sites for hydroxylation is 2. The van der Waals surface area contributed by atoms with Crippen LogP contribution < -0.4 is 9.64 Å². The number of sulfonamides is 1. The number of piperazine rings is 1. The van der Waals surface area contributed by atoms with Crippen molar-refractivity contribution < 1.29 is 27.3 Å². The van der Waals surface area contributed by atoms with Gasteiger partial charge in [0.25, 0.3) is 0 Å². The molecule has 0 saturated carbocycles. The second-order valence-electron chi connectivity index (χ2n) is 7.48. The molecule has 2 aromatic rings. The van der Waals surface area contributed by atoms with Gasteiger partial charge in [0.05, 0.1) is 18.7 Å². The zero-order valence-electron chi connectivity index (χ0n) is 17.4. The second-order valence-corrected chi connectivity index (χ2v) is 9.36. The van der Waals surface area contributed by atoms with Crippen molar-refractivity contribution >= 4 is 27.5 Å². The molecule has 166 valence electrons. The van der Waals surface area contributed by atoms with Gasteiger partial charge >= 0.3 is 0 Å². The van der Waals surface area contributed by atoms with Gasteiger partial charge < -0.3 is 14.2 Å². The van der Waals surface area contributed by atoms with Crippen molar-refractivity contribution in [1.29, 1.82) is 0 Å². The predicted molar refractivity (Wildman–Crippen MR) is 110 cm³/mol. The van der Waals surface area contributed by atoms with Gasteiger partial charge in [-0.2, -0.15) is 4.31 Å². The van der Waals surface area contributed by atoms with E-state index < -0.39 is 10.0 Å². The summed E-state index contributed by atoms with van der Waals surface area (Å²) in [5.74, 6) is 0.394. The Morgan fingerprint density at radius 1 is 1.13 bits per heavy atom. The Kier molecular flexibility index (Phi) is 5.71. The standard InChI is InChI=1S/C20H24N4O6S/c1-14-20(15(2)30-21-14)31(27,28)23-10-8-22(9-11-23)19(26)13-24-16-5-3-4-6-17(16)29-12-7-18(24)25/h3-6H,7-13H2,1-2H3. The first-order valence-electron chi connectivity index (χ1n) is 10.0. The number of hydrogen-bond donors (Lipinski definition) is 0. The van der Waals surface area contributed by atoms with Gasteiger partial charge in [-0.05, 0) is 26.0 Å². The number of ether oxygens (including phenoxy) is 1. The van der Waals surface area contributed by atoms with Crippen molar-refractivity contribution in [3.63, 3.8) is 0 Å². The highest BCUT2D eigenvalue weighted by atomic mass is 32.2. The summed E-state index contributed by atoms with van der Waals surface area (Å²) in [6, 6.07) is 7.12. The summed E-state index contributed by atoms with van der Waals surface area (Å²) in [5, 5.41) is 3.73. The van der Waals surface area contributed by atoms with Crippen LogP contribution in [0.2, 0.25) is 0 Å². The van der Waals surface area contributed by atoms with E-state index in [2.05, 4.69) is 5.16 Å². The summed E-state index contributed by atoms with van der Waals surface area (Å²) in [6.45, 7) is 4.09. The van der Waals surface area contributed by atoms with Gasteiger partial charge in [0.15, 0.2) is 5.76 Å². The topological polar surface area (TPSA) is 113 Å². The number of fused-ring (bicyclic) bond motifs is 1. The van der Waals surface area contributed by atoms with Gasteiger partial charge in [-0.15, -0.1) is 0 Å². The van der Waals surface area contributed by atoms with Crippen molar-refractivity contribution in [2.45, 2.75) is 25.2 Å². The van der Waals surface area contributed by atoms with E-state index in [1.54, 1.807) is 36.9 Å². The smallest absolute Gasteiger partial charge is 0.248 e. The SMILES string of the molecule is Cc1noc(C)c1S(=O)(=O)N1CCN(C(=O)CN2C(=O)CCOc3ccccc32)CC1. The molecule has 31 heavy (non-hydrogen) atoms. The Labute approximate surface area is 180 Å². The van der Waals surface area contributed by atoms with Gasteiger partial charge in [-0.3, -0.25) is 14.5 Å². The molecule has 0 spiro atoms. The monoisotopic (exact) mass is 448 g/mol. The molecule has 1 aromatic carbocycles. The summed E-state index contributed by atoms with van der Waals surface area (Å²) < 4.78 is 37.9. The first-order chi connectivity index (χ1) is 14.8. The van der Waals surface area contributed by atoms with Gasteiger partial charge in [-0.25, -0.2) is 8.42 Å². The third-order valence-corrected chi connectivity index (χ3v) is 7.62. The summed E-state index contributed by atoms with van der Waals surface area (Å²) in [5.41, 5.74) is 0.884. The molecule has 3 heterocycles. The lowest BCUT2D eigenvalue weighted by Crippen LogP contribution is -2.53. The number of nitrogens with zero attached hydrogens (tertiary/aromatic N) is 4. The third-order valence-electron chi connectivity index (χ3n) is 5.48. The molecular weight excluding hydrogens is 424 g/mol. The van der Waals surface area contributed by atoms with Crippen LogP contribution in [0.15, 0.2) is 33.7 Å². The van der Waals surface area contributed by atoms with Crippen LogP contribution in [-0.2, 0) is 19.6 Å². The third kappa shape index (κ3) is 4.02. The first-order valence-corrected chi connectivity index (χ1v) is 11.5. The van der Waals surface area contributed by atoms with E-state index in [0.29, 0.717) is 17.1 Å². The molecule has 2 aliphatic rings. The number of carbonyl (C=O) groups excluding carboxylic acids is 2. The van der Waals surface area contributed by atoms with Crippen LogP contribution in [0.3, 0.4) is 0 Å². The summed E-state index contributed by atoms with van der Waals surface area (Å²) in [7, 11) is -3.75. The number of aromatic nitrogens is 1. The van der Waals surface area contributed by atoms with Crippen LogP contribution in [0.25, 0.3) is 0 Å². The zero-order chi connectivity index (χ0) is 22.2. The molecule has 0 N–H and O–H groups in total. The van der Waals surface area contributed by atoms with E-state index in [9.17, 15) is 18.0 Å². The highest BCUT2D eigenvalue weighted by Gasteiger charge is 2.35. The summed E-state index contributed by atoms with van der Waals surface area (Å²) in [6.07, 6.45) is 0.186. The van der Waals surface area contributed by atoms with Crippen molar-refractivity contribution in [2.75, 3.05) is 44.2 Å². The molecule has 0 bridgehead atoms. The average molecular weight is 449 g/mol. The van der Waals surface area contributed by atoms with E-state index in [1.165, 1.54) is 9.21 Å². The highest BCUT2D eigenvalue weighted by molar-refractivity contribution is 7.89. The van der Waals surface area contributed by atoms with Gasteiger partial charge in [0.2, 0.25) is 21.8 Å². The summed E-state index contributed by atoms with van der Waals surface area (Å²) >= 11 is 0. The largest absolute Gasteiger partial charge is 0.491 e. The van der Waals surface area contributed by atoms with Crippen LogP contribution in [0, 0.1) is 13.8 Å². The number of anilines is 1. The quantitative estimate of drug-likeness (QED) is 0.684. The fourth-order valence-electron chi connectivity index (χ4n) is 3.88. The molecule has 0 atom stereocenters. The molecule has 4 rings (SSSR count). The molecule has 0 unspecified atom stereocenters. The maximum atomic E-state index is 13.0. The van der Waals surface area contributed by atoms with Crippen molar-refractivity contribution in [1.82, 2.24) is 14.4 Å². The normalized spacial score (nSPS) is 17.8. The van der Waals surface area contributed by atoms with E-state index in [-0.39, 0.29) is 68.2 Å². The lowest BCUT2D eigenvalue weighted by molar-refractivity contribution is -0.132. The lowest BCUT2D eigenvalue weighted by Gasteiger charge is -2.35. The van der Waals surface area contributed by atoms with Crippen molar-refractivity contribution in [3.8, 4) is 5.75 Å². The Morgan fingerprint density at radius 2 is 1.84 bits per heavy atom. The lowest BCUT2D eigenvalue weighted by atomic mass is 10.2. The predicted octanol–water partition coefficient (Wildman–Crippen LogP) is 0.940. The molecule has 0 aliphatic carbocycles. The van der Waals surface area contributed by atoms with E-state index in [4.69, 9.17) is 9.26 Å². The molecule has 2 amide bonds. The van der Waals surface area contributed by atoms with Crippen molar-refractivity contribution in [3.05, 3.63) is 35.7 Å². The molecule has 1 fully saturated rings. The average Bonchev–Trinajstić information content (AvgIpc) is 3.02. The maximum absolute atomic E-state index is 13.0. The second kappa shape index (κ2) is 8.31. The highest BCUT2D eigenvalue weighted by Crippen LogP contribution is 2.31. The van der Waals surface area contributed by atoms with E-state index in [0.717, 1.165) is 0 Å². The Bertz CT molecular complexity index is 1090. The van der Waals surface area contributed by atoms with Crippen LogP contribution >= 0.6 is 0 Å². The van der Waals surface area contributed by atoms with Crippen LogP contribution in [0.1, 0.15) is 17.9 Å². The number of para-hydroxylation sites is 2. The molecule has 1 saturated heterocycles. The van der Waals surface area contributed by atoms with Crippen LogP contribution in [0.4, 0.5) is 5.69 Å². The Balaban J connectivity index is 1.44. The first kappa shape index (κ1) is 21.3. The molecule has 1 aromatic heterocycles. The molecular formula is C20H24N4O6S. The molecule has 0 radical (unpaired) electrons. The summed E-state index contributed by atoms with van der Waals surface area (Å²) in [4.78, 5) is 28.6.